The largest absolute Gasteiger partial charge is 0.481 e. The van der Waals surface area contributed by atoms with E-state index in [1.54, 1.807) is 6.20 Å². The molecule has 2 aliphatic rings. The second kappa shape index (κ2) is 13.7. The molecule has 0 spiro atoms. The summed E-state index contributed by atoms with van der Waals surface area (Å²) in [6.07, 6.45) is 15.5. The summed E-state index contributed by atoms with van der Waals surface area (Å²) in [4.78, 5) is 27.7. The van der Waals surface area contributed by atoms with Gasteiger partial charge >= 0.3 is 5.97 Å². The highest BCUT2D eigenvalue weighted by atomic mass is 32.2. The number of rotatable bonds is 12. The minimum absolute atomic E-state index is 0.0454. The molecule has 1 unspecified atom stereocenters. The number of carboxylic acids is 1. The zero-order chi connectivity index (χ0) is 23.6. The molecule has 2 fully saturated rings. The topological polar surface area (TPSA) is 88.5 Å². The molecule has 33 heavy (non-hydrogen) atoms. The number of aromatic nitrogens is 1. The number of nitrogens with zero attached hydrogens (tertiary/aromatic N) is 1. The monoisotopic (exact) mass is 496 g/mol. The quantitative estimate of drug-likeness (QED) is 0.317. The molecule has 1 aromatic heterocycles. The van der Waals surface area contributed by atoms with Gasteiger partial charge in [-0.2, -0.15) is 0 Å². The van der Waals surface area contributed by atoms with Crippen molar-refractivity contribution >= 4 is 40.1 Å². The van der Waals surface area contributed by atoms with Gasteiger partial charge in [-0.25, -0.2) is 4.98 Å². The molecule has 3 rings (SSSR count). The summed E-state index contributed by atoms with van der Waals surface area (Å²) in [7, 11) is 0. The summed E-state index contributed by atoms with van der Waals surface area (Å²) in [5.41, 5.74) is 0. The third-order valence-corrected chi connectivity index (χ3v) is 9.15. The minimum Gasteiger partial charge on any atom is -0.481 e. The third kappa shape index (κ3) is 9.21. The van der Waals surface area contributed by atoms with Gasteiger partial charge in [0.15, 0.2) is 5.13 Å². The number of carbonyl (C=O) groups excluding carboxylic acids is 1. The number of carbonyl (C=O) groups is 2. The first-order valence-corrected chi connectivity index (χ1v) is 14.5. The number of thiazole rings is 1. The number of hydrogen-bond donors (Lipinski definition) is 2. The number of ether oxygens (including phenoxy) is 1. The Balaban J connectivity index is 1.49. The van der Waals surface area contributed by atoms with Crippen LogP contribution in [0, 0.1) is 17.8 Å². The van der Waals surface area contributed by atoms with E-state index in [0.717, 1.165) is 29.4 Å². The number of anilines is 1. The van der Waals surface area contributed by atoms with Crippen LogP contribution in [0.3, 0.4) is 0 Å². The van der Waals surface area contributed by atoms with Crippen LogP contribution in [0.25, 0.3) is 0 Å². The summed E-state index contributed by atoms with van der Waals surface area (Å²) >= 11 is 2.89. The lowest BCUT2D eigenvalue weighted by atomic mass is 9.67. The van der Waals surface area contributed by atoms with Crippen molar-refractivity contribution in [3.63, 3.8) is 0 Å². The van der Waals surface area contributed by atoms with E-state index >= 15 is 0 Å². The Morgan fingerprint density at radius 2 is 1.82 bits per heavy atom. The van der Waals surface area contributed by atoms with Gasteiger partial charge in [-0.1, -0.05) is 43.4 Å². The summed E-state index contributed by atoms with van der Waals surface area (Å²) < 4.78 is 7.00. The van der Waals surface area contributed by atoms with Crippen LogP contribution in [0.1, 0.15) is 90.9 Å². The maximum atomic E-state index is 12.7. The van der Waals surface area contributed by atoms with Crippen LogP contribution in [-0.4, -0.2) is 39.9 Å². The Morgan fingerprint density at radius 1 is 1.12 bits per heavy atom. The molecule has 6 nitrogen and oxygen atoms in total. The van der Waals surface area contributed by atoms with Crippen molar-refractivity contribution in [1.82, 2.24) is 4.98 Å². The van der Waals surface area contributed by atoms with Crippen LogP contribution in [0.4, 0.5) is 5.13 Å². The molecule has 0 radical (unpaired) electrons. The van der Waals surface area contributed by atoms with Gasteiger partial charge in [-0.05, 0) is 63.7 Å². The summed E-state index contributed by atoms with van der Waals surface area (Å²) in [5, 5.41) is 12.3. The molecule has 0 aliphatic heterocycles. The number of hydrogen-bond acceptors (Lipinski definition) is 6. The summed E-state index contributed by atoms with van der Waals surface area (Å²) in [6.45, 7) is 4.24. The maximum absolute atomic E-state index is 12.7. The normalized spacial score (nSPS) is 22.9. The first kappa shape index (κ1) is 26.5. The third-order valence-electron chi connectivity index (χ3n) is 7.04. The van der Waals surface area contributed by atoms with Crippen molar-refractivity contribution in [2.24, 2.45) is 17.8 Å². The second-order valence-electron chi connectivity index (χ2n) is 9.85. The van der Waals surface area contributed by atoms with Crippen LogP contribution in [-0.2, 0) is 14.3 Å². The van der Waals surface area contributed by atoms with Crippen LogP contribution in [0.5, 0.6) is 0 Å². The van der Waals surface area contributed by atoms with Crippen LogP contribution in [0.2, 0.25) is 0 Å². The lowest BCUT2D eigenvalue weighted by Crippen LogP contribution is -2.32. The highest BCUT2D eigenvalue weighted by Gasteiger charge is 2.34. The van der Waals surface area contributed by atoms with Gasteiger partial charge in [0.1, 0.15) is 0 Å². The average molecular weight is 497 g/mol. The number of thioether (sulfide) groups is 1. The molecule has 2 N–H and O–H groups in total. The molecule has 8 heteroatoms. The predicted molar refractivity (Wildman–Crippen MR) is 135 cm³/mol. The Labute approximate surface area is 206 Å². The van der Waals surface area contributed by atoms with E-state index in [-0.39, 0.29) is 12.3 Å². The second-order valence-corrected chi connectivity index (χ2v) is 12.3. The Hall–Kier alpha value is -1.12. The van der Waals surface area contributed by atoms with Gasteiger partial charge in [0.05, 0.1) is 29.0 Å². The Bertz CT molecular complexity index is 741. The van der Waals surface area contributed by atoms with Gasteiger partial charge in [-0.15, -0.1) is 11.8 Å². The highest BCUT2D eigenvalue weighted by Crippen LogP contribution is 2.43. The van der Waals surface area contributed by atoms with Crippen LogP contribution >= 0.6 is 23.1 Å². The van der Waals surface area contributed by atoms with Crippen molar-refractivity contribution in [2.75, 3.05) is 11.1 Å². The van der Waals surface area contributed by atoms with Crippen molar-refractivity contribution < 1.29 is 19.4 Å². The van der Waals surface area contributed by atoms with E-state index < -0.39 is 5.97 Å². The van der Waals surface area contributed by atoms with Crippen molar-refractivity contribution in [2.45, 2.75) is 107 Å². The van der Waals surface area contributed by atoms with Gasteiger partial charge < -0.3 is 15.2 Å². The smallest absolute Gasteiger partial charge is 0.304 e. The molecule has 2 saturated carbocycles. The van der Waals surface area contributed by atoms with E-state index in [9.17, 15) is 9.59 Å². The Kier molecular flexibility index (Phi) is 11.0. The van der Waals surface area contributed by atoms with Gasteiger partial charge in [-0.3, -0.25) is 9.59 Å². The zero-order valence-corrected chi connectivity index (χ0v) is 21.7. The average Bonchev–Trinajstić information content (AvgIpc) is 3.22. The van der Waals surface area contributed by atoms with Crippen LogP contribution in [0.15, 0.2) is 10.4 Å². The summed E-state index contributed by atoms with van der Waals surface area (Å²) in [5.74, 6) is 1.87. The fourth-order valence-corrected chi connectivity index (χ4v) is 7.45. The number of carboxylic acid groups (broad SMARTS) is 1. The van der Waals surface area contributed by atoms with E-state index in [1.165, 1.54) is 68.0 Å². The number of amides is 1. The van der Waals surface area contributed by atoms with Gasteiger partial charge in [0.25, 0.3) is 0 Å². The molecular formula is C25H40N2O4S2. The molecule has 1 amide bonds. The first-order valence-electron chi connectivity index (χ1n) is 12.7. The number of nitrogens with one attached hydrogen (secondary N) is 1. The molecule has 0 aromatic carbocycles. The lowest BCUT2D eigenvalue weighted by molar-refractivity contribution is -0.136. The van der Waals surface area contributed by atoms with Crippen molar-refractivity contribution in [3.05, 3.63) is 6.20 Å². The van der Waals surface area contributed by atoms with Crippen LogP contribution < -0.4 is 5.32 Å². The molecule has 1 heterocycles. The first-order chi connectivity index (χ1) is 15.9. The van der Waals surface area contributed by atoms with Crippen molar-refractivity contribution in [3.8, 4) is 0 Å². The molecule has 186 valence electrons. The molecule has 1 aromatic rings. The van der Waals surface area contributed by atoms with E-state index in [2.05, 4.69) is 24.1 Å². The molecule has 1 atom stereocenters. The fourth-order valence-electron chi connectivity index (χ4n) is 5.56. The van der Waals surface area contributed by atoms with E-state index in [0.29, 0.717) is 41.3 Å². The minimum atomic E-state index is -0.797. The van der Waals surface area contributed by atoms with E-state index in [4.69, 9.17) is 9.84 Å². The maximum Gasteiger partial charge on any atom is 0.304 e. The molecular weight excluding hydrogens is 456 g/mol. The number of aliphatic carboxylic acids is 1. The van der Waals surface area contributed by atoms with Gasteiger partial charge in [0.2, 0.25) is 5.91 Å². The SMILES string of the molecule is CC(C)OC1CCC(C(CCC(=O)Nc2ncc(SCCC(=O)O)s2)C2CCCCC2)CC1. The van der Waals surface area contributed by atoms with Gasteiger partial charge in [0, 0.05) is 12.2 Å². The van der Waals surface area contributed by atoms with E-state index in [1.807, 2.05) is 0 Å². The standard InChI is InChI=1S/C25H40N2O4S2/c1-17(2)31-20-10-8-19(9-11-20)21(18-6-4-3-5-7-18)12-13-22(28)27-25-26-16-24(33-25)32-15-14-23(29)30/h16-21H,3-15H2,1-2H3,(H,29,30)(H,26,27,28). The molecule has 0 saturated heterocycles. The summed E-state index contributed by atoms with van der Waals surface area (Å²) in [6, 6.07) is 0. The van der Waals surface area contributed by atoms with Crippen molar-refractivity contribution in [1.29, 1.82) is 0 Å². The Morgan fingerprint density at radius 3 is 2.48 bits per heavy atom. The zero-order valence-electron chi connectivity index (χ0n) is 20.1. The molecule has 0 bridgehead atoms. The fraction of sp³-hybridized carbons (Fsp3) is 0.800. The molecule has 2 aliphatic carbocycles. The highest BCUT2D eigenvalue weighted by molar-refractivity contribution is 8.01. The lowest BCUT2D eigenvalue weighted by Gasteiger charge is -2.40. The predicted octanol–water partition coefficient (Wildman–Crippen LogP) is 6.61.